The Morgan fingerprint density at radius 3 is 2.50 bits per heavy atom. The summed E-state index contributed by atoms with van der Waals surface area (Å²) in [6.07, 6.45) is 1.85. The van der Waals surface area contributed by atoms with E-state index in [-0.39, 0.29) is 6.10 Å². The van der Waals surface area contributed by atoms with E-state index in [9.17, 15) is 5.11 Å². The van der Waals surface area contributed by atoms with Crippen LogP contribution < -0.4 is 9.47 Å². The lowest BCUT2D eigenvalue weighted by atomic mass is 10.1. The van der Waals surface area contributed by atoms with Crippen LogP contribution in [0, 0.1) is 0 Å². The highest BCUT2D eigenvalue weighted by atomic mass is 16.6. The van der Waals surface area contributed by atoms with Gasteiger partial charge in [0.25, 0.3) is 0 Å². The SMILES string of the molecule is O[C@H](COC[C@@H]1COc2ccccc2O1)C[N+]1(Cc2ccccc2)CCCC1. The summed E-state index contributed by atoms with van der Waals surface area (Å²) in [6.45, 7) is 5.19. The lowest BCUT2D eigenvalue weighted by Crippen LogP contribution is -2.50. The molecule has 5 nitrogen and oxygen atoms in total. The molecule has 2 aliphatic rings. The minimum absolute atomic E-state index is 0.138. The predicted octanol–water partition coefficient (Wildman–Crippen LogP) is 3.01. The van der Waals surface area contributed by atoms with Crippen molar-refractivity contribution >= 4 is 0 Å². The number of nitrogens with zero attached hydrogens (tertiary/aromatic N) is 1. The fourth-order valence-corrected chi connectivity index (χ4v) is 4.36. The standard InChI is InChI=1S/C23H30NO4/c25-20(15-24(12-6-7-13-24)14-19-8-2-1-3-9-19)16-26-17-21-18-27-22-10-4-5-11-23(22)28-21/h1-5,8-11,20-21,25H,6-7,12-18H2/q+1/t20-,21+/m0/s1. The van der Waals surface area contributed by atoms with E-state index in [1.807, 2.05) is 24.3 Å². The highest BCUT2D eigenvalue weighted by molar-refractivity contribution is 5.40. The molecule has 4 rings (SSSR count). The Labute approximate surface area is 167 Å². The summed E-state index contributed by atoms with van der Waals surface area (Å²) < 4.78 is 18.4. The van der Waals surface area contributed by atoms with Crippen LogP contribution in [0.3, 0.4) is 0 Å². The second-order valence-electron chi connectivity index (χ2n) is 8.01. The molecule has 0 unspecified atom stereocenters. The summed E-state index contributed by atoms with van der Waals surface area (Å²) in [5, 5.41) is 10.6. The van der Waals surface area contributed by atoms with E-state index in [2.05, 4.69) is 30.3 Å². The fourth-order valence-electron chi connectivity index (χ4n) is 4.36. The first-order chi connectivity index (χ1) is 13.7. The van der Waals surface area contributed by atoms with Gasteiger partial charge in [0.2, 0.25) is 0 Å². The number of quaternary nitrogens is 1. The molecule has 1 saturated heterocycles. The number of benzene rings is 2. The second-order valence-corrected chi connectivity index (χ2v) is 8.01. The second kappa shape index (κ2) is 8.95. The van der Waals surface area contributed by atoms with E-state index in [0.29, 0.717) is 19.8 Å². The smallest absolute Gasteiger partial charge is 0.161 e. The number of ether oxygens (including phenoxy) is 3. The Bertz CT molecular complexity index is 745. The summed E-state index contributed by atoms with van der Waals surface area (Å²) >= 11 is 0. The Hall–Kier alpha value is -2.08. The van der Waals surface area contributed by atoms with Gasteiger partial charge in [0, 0.05) is 18.4 Å². The zero-order valence-corrected chi connectivity index (χ0v) is 16.3. The van der Waals surface area contributed by atoms with Crippen LogP contribution in [0.25, 0.3) is 0 Å². The molecule has 2 aliphatic heterocycles. The van der Waals surface area contributed by atoms with Crippen LogP contribution in [0.5, 0.6) is 11.5 Å². The average Bonchev–Trinajstić information content (AvgIpc) is 3.16. The first-order valence-electron chi connectivity index (χ1n) is 10.3. The highest BCUT2D eigenvalue weighted by Crippen LogP contribution is 2.31. The van der Waals surface area contributed by atoms with Gasteiger partial charge < -0.3 is 23.8 Å². The zero-order chi connectivity index (χ0) is 19.2. The van der Waals surface area contributed by atoms with Crippen molar-refractivity contribution in [3.8, 4) is 11.5 Å². The highest BCUT2D eigenvalue weighted by Gasteiger charge is 2.34. The monoisotopic (exact) mass is 384 g/mol. The number of rotatable bonds is 8. The number of hydrogen-bond donors (Lipinski definition) is 1. The molecule has 0 bridgehead atoms. The van der Waals surface area contributed by atoms with Crippen molar-refractivity contribution < 1.29 is 23.8 Å². The van der Waals surface area contributed by atoms with Gasteiger partial charge in [-0.3, -0.25) is 0 Å². The lowest BCUT2D eigenvalue weighted by Gasteiger charge is -2.36. The third-order valence-electron chi connectivity index (χ3n) is 5.66. The normalized spacial score (nSPS) is 21.4. The predicted molar refractivity (Wildman–Crippen MR) is 107 cm³/mol. The quantitative estimate of drug-likeness (QED) is 0.711. The molecule has 28 heavy (non-hydrogen) atoms. The van der Waals surface area contributed by atoms with Crippen molar-refractivity contribution in [3.05, 3.63) is 60.2 Å². The molecule has 5 heteroatoms. The number of aliphatic hydroxyl groups excluding tert-OH is 1. The van der Waals surface area contributed by atoms with Gasteiger partial charge in [-0.2, -0.15) is 0 Å². The first-order valence-corrected chi connectivity index (χ1v) is 10.3. The molecule has 1 fully saturated rings. The summed E-state index contributed by atoms with van der Waals surface area (Å²) in [7, 11) is 0. The molecule has 0 saturated carbocycles. The van der Waals surface area contributed by atoms with Crippen LogP contribution >= 0.6 is 0 Å². The maximum Gasteiger partial charge on any atom is 0.161 e. The fraction of sp³-hybridized carbons (Fsp3) is 0.478. The van der Waals surface area contributed by atoms with E-state index >= 15 is 0 Å². The summed E-state index contributed by atoms with van der Waals surface area (Å²) in [5.41, 5.74) is 1.34. The average molecular weight is 384 g/mol. The number of aliphatic hydroxyl groups is 1. The van der Waals surface area contributed by atoms with Gasteiger partial charge in [0.1, 0.15) is 25.8 Å². The third-order valence-corrected chi connectivity index (χ3v) is 5.66. The maximum absolute atomic E-state index is 10.6. The third kappa shape index (κ3) is 4.85. The molecule has 2 aromatic carbocycles. The molecule has 2 atom stereocenters. The van der Waals surface area contributed by atoms with Crippen molar-refractivity contribution in [1.82, 2.24) is 0 Å². The first kappa shape index (κ1) is 19.2. The molecule has 0 radical (unpaired) electrons. The number of fused-ring (bicyclic) bond motifs is 1. The minimum Gasteiger partial charge on any atom is -0.486 e. The van der Waals surface area contributed by atoms with Crippen molar-refractivity contribution in [2.75, 3.05) is 39.5 Å². The van der Waals surface area contributed by atoms with Crippen molar-refractivity contribution in [3.63, 3.8) is 0 Å². The van der Waals surface area contributed by atoms with Gasteiger partial charge >= 0.3 is 0 Å². The van der Waals surface area contributed by atoms with Gasteiger partial charge in [-0.05, 0) is 12.1 Å². The van der Waals surface area contributed by atoms with Gasteiger partial charge in [0.15, 0.2) is 17.6 Å². The van der Waals surface area contributed by atoms with Crippen LogP contribution in [-0.4, -0.2) is 61.3 Å². The van der Waals surface area contributed by atoms with Gasteiger partial charge in [-0.15, -0.1) is 0 Å². The van der Waals surface area contributed by atoms with Crippen LogP contribution in [0.2, 0.25) is 0 Å². The van der Waals surface area contributed by atoms with Gasteiger partial charge in [0.05, 0.1) is 26.3 Å². The maximum atomic E-state index is 10.6. The van der Waals surface area contributed by atoms with E-state index in [1.54, 1.807) is 0 Å². The molecule has 150 valence electrons. The summed E-state index contributed by atoms with van der Waals surface area (Å²) in [5.74, 6) is 1.53. The topological polar surface area (TPSA) is 47.9 Å². The molecule has 0 spiro atoms. The molecule has 0 aromatic heterocycles. The molecule has 1 N–H and O–H groups in total. The number of hydrogen-bond acceptors (Lipinski definition) is 4. The minimum atomic E-state index is -0.474. The molecule has 2 aromatic rings. The van der Waals surface area contributed by atoms with E-state index in [0.717, 1.165) is 42.2 Å². The van der Waals surface area contributed by atoms with E-state index < -0.39 is 6.10 Å². The number of para-hydroxylation sites is 2. The van der Waals surface area contributed by atoms with Crippen molar-refractivity contribution in [2.45, 2.75) is 31.6 Å². The molecule has 2 heterocycles. The molecule has 0 amide bonds. The Kier molecular flexibility index (Phi) is 6.15. The van der Waals surface area contributed by atoms with Crippen LogP contribution in [-0.2, 0) is 11.3 Å². The van der Waals surface area contributed by atoms with Crippen LogP contribution in [0.15, 0.2) is 54.6 Å². The Morgan fingerprint density at radius 2 is 1.71 bits per heavy atom. The Morgan fingerprint density at radius 1 is 1.00 bits per heavy atom. The zero-order valence-electron chi connectivity index (χ0n) is 16.3. The van der Waals surface area contributed by atoms with Gasteiger partial charge in [-0.25, -0.2) is 0 Å². The largest absolute Gasteiger partial charge is 0.486 e. The van der Waals surface area contributed by atoms with Gasteiger partial charge in [-0.1, -0.05) is 42.5 Å². The lowest BCUT2D eigenvalue weighted by molar-refractivity contribution is -0.932. The van der Waals surface area contributed by atoms with Crippen LogP contribution in [0.4, 0.5) is 0 Å². The van der Waals surface area contributed by atoms with E-state index in [1.165, 1.54) is 18.4 Å². The van der Waals surface area contributed by atoms with Crippen molar-refractivity contribution in [2.24, 2.45) is 0 Å². The van der Waals surface area contributed by atoms with Crippen molar-refractivity contribution in [1.29, 1.82) is 0 Å². The molecular weight excluding hydrogens is 354 g/mol. The Balaban J connectivity index is 1.25. The summed E-state index contributed by atoms with van der Waals surface area (Å²) in [4.78, 5) is 0. The molecule has 0 aliphatic carbocycles. The number of likely N-dealkylation sites (tertiary alicyclic amines) is 1. The van der Waals surface area contributed by atoms with Crippen LogP contribution in [0.1, 0.15) is 18.4 Å². The summed E-state index contributed by atoms with van der Waals surface area (Å²) in [6, 6.07) is 18.3. The molecular formula is C23H30NO4+. The van der Waals surface area contributed by atoms with E-state index in [4.69, 9.17) is 14.2 Å².